The molecule has 1 N–H and O–H groups in total. The largest absolute Gasteiger partial charge is 0.481 e. The molecule has 0 aliphatic heterocycles. The fourth-order valence-electron chi connectivity index (χ4n) is 2.43. The molecule has 21 heavy (non-hydrogen) atoms. The molecule has 0 bridgehead atoms. The molecule has 0 radical (unpaired) electrons. The summed E-state index contributed by atoms with van der Waals surface area (Å²) in [5.41, 5.74) is 1.79. The number of carboxylic acid groups (broad SMARTS) is 1. The smallest absolute Gasteiger partial charge is 0.328 e. The van der Waals surface area contributed by atoms with Gasteiger partial charge in [-0.1, -0.05) is 24.3 Å². The van der Waals surface area contributed by atoms with Gasteiger partial charge in [0.05, 0.1) is 12.5 Å². The first-order chi connectivity index (χ1) is 10.1. The second kappa shape index (κ2) is 5.24. The molecule has 2 aromatic rings. The lowest BCUT2D eigenvalue weighted by Crippen LogP contribution is -2.23. The van der Waals surface area contributed by atoms with E-state index in [0.29, 0.717) is 12.6 Å². The predicted octanol–water partition coefficient (Wildman–Crippen LogP) is 2.22. The number of hydrogen-bond donors (Lipinski definition) is 1. The minimum absolute atomic E-state index is 0.0282. The molecule has 1 unspecified atom stereocenters. The standard InChI is InChI=1S/C16H18N2O3/c1-11(15(19)20)13-4-2-12(3-5-13)10-17-8-9-18(16(17)21)14-6-7-14/h2-5,8-9,11,14H,6-7,10H2,1H3,(H,19,20). The van der Waals surface area contributed by atoms with E-state index in [1.807, 2.05) is 36.7 Å². The van der Waals surface area contributed by atoms with Crippen molar-refractivity contribution in [2.75, 3.05) is 0 Å². The van der Waals surface area contributed by atoms with Gasteiger partial charge in [-0.2, -0.15) is 0 Å². The number of hydrogen-bond acceptors (Lipinski definition) is 2. The summed E-state index contributed by atoms with van der Waals surface area (Å²) >= 11 is 0. The summed E-state index contributed by atoms with van der Waals surface area (Å²) in [5, 5.41) is 8.99. The van der Waals surface area contributed by atoms with Crippen molar-refractivity contribution in [1.82, 2.24) is 9.13 Å². The third kappa shape index (κ3) is 2.77. The van der Waals surface area contributed by atoms with Crippen molar-refractivity contribution < 1.29 is 9.90 Å². The van der Waals surface area contributed by atoms with Crippen molar-refractivity contribution in [1.29, 1.82) is 0 Å². The SMILES string of the molecule is CC(C(=O)O)c1ccc(Cn2ccn(C3CC3)c2=O)cc1. The third-order valence-electron chi connectivity index (χ3n) is 4.02. The minimum Gasteiger partial charge on any atom is -0.481 e. The molecule has 1 atom stereocenters. The summed E-state index contributed by atoms with van der Waals surface area (Å²) in [6.07, 6.45) is 5.84. The fourth-order valence-corrected chi connectivity index (χ4v) is 2.43. The van der Waals surface area contributed by atoms with Crippen LogP contribution in [-0.2, 0) is 11.3 Å². The Morgan fingerprint density at radius 1 is 1.29 bits per heavy atom. The van der Waals surface area contributed by atoms with Crippen molar-refractivity contribution in [3.63, 3.8) is 0 Å². The van der Waals surface area contributed by atoms with Crippen LogP contribution in [0.3, 0.4) is 0 Å². The highest BCUT2D eigenvalue weighted by Crippen LogP contribution is 2.33. The first-order valence-corrected chi connectivity index (χ1v) is 7.15. The van der Waals surface area contributed by atoms with E-state index < -0.39 is 11.9 Å². The maximum atomic E-state index is 12.2. The molecule has 1 aromatic heterocycles. The van der Waals surface area contributed by atoms with E-state index in [1.165, 1.54) is 0 Å². The Labute approximate surface area is 122 Å². The Hall–Kier alpha value is -2.30. The van der Waals surface area contributed by atoms with Gasteiger partial charge in [0.1, 0.15) is 0 Å². The Kier molecular flexibility index (Phi) is 3.41. The molecule has 1 aromatic carbocycles. The van der Waals surface area contributed by atoms with E-state index in [-0.39, 0.29) is 5.69 Å². The zero-order chi connectivity index (χ0) is 15.0. The molecule has 1 aliphatic rings. The fraction of sp³-hybridized carbons (Fsp3) is 0.375. The van der Waals surface area contributed by atoms with E-state index in [4.69, 9.17) is 5.11 Å². The lowest BCUT2D eigenvalue weighted by molar-refractivity contribution is -0.138. The zero-order valence-electron chi connectivity index (χ0n) is 11.9. The van der Waals surface area contributed by atoms with Crippen LogP contribution in [0, 0.1) is 0 Å². The molecule has 1 heterocycles. The highest BCUT2D eigenvalue weighted by Gasteiger charge is 2.25. The third-order valence-corrected chi connectivity index (χ3v) is 4.02. The topological polar surface area (TPSA) is 64.2 Å². The van der Waals surface area contributed by atoms with Gasteiger partial charge >= 0.3 is 11.7 Å². The van der Waals surface area contributed by atoms with Crippen LogP contribution in [-0.4, -0.2) is 20.2 Å². The van der Waals surface area contributed by atoms with Gasteiger partial charge in [0, 0.05) is 18.4 Å². The lowest BCUT2D eigenvalue weighted by atomic mass is 10.0. The van der Waals surface area contributed by atoms with E-state index in [0.717, 1.165) is 24.0 Å². The number of carboxylic acids is 1. The average Bonchev–Trinajstić information content (AvgIpc) is 3.25. The molecule has 0 saturated heterocycles. The van der Waals surface area contributed by atoms with Crippen LogP contribution in [0.2, 0.25) is 0 Å². The molecule has 1 aliphatic carbocycles. The summed E-state index contributed by atoms with van der Waals surface area (Å²) < 4.78 is 3.48. The summed E-state index contributed by atoms with van der Waals surface area (Å²) in [7, 11) is 0. The van der Waals surface area contributed by atoms with Crippen LogP contribution in [0.4, 0.5) is 0 Å². The number of rotatable bonds is 5. The first kappa shape index (κ1) is 13.7. The van der Waals surface area contributed by atoms with Gasteiger partial charge in [-0.3, -0.25) is 13.9 Å². The minimum atomic E-state index is -0.833. The van der Waals surface area contributed by atoms with Crippen LogP contribution >= 0.6 is 0 Å². The number of nitrogens with zero attached hydrogens (tertiary/aromatic N) is 2. The van der Waals surface area contributed by atoms with Gasteiger partial charge in [-0.25, -0.2) is 4.79 Å². The maximum absolute atomic E-state index is 12.2. The Balaban J connectivity index is 1.76. The van der Waals surface area contributed by atoms with Gasteiger partial charge in [-0.15, -0.1) is 0 Å². The molecule has 5 heteroatoms. The first-order valence-electron chi connectivity index (χ1n) is 7.15. The highest BCUT2D eigenvalue weighted by molar-refractivity contribution is 5.75. The summed E-state index contributed by atoms with van der Waals surface area (Å²) in [4.78, 5) is 23.1. The van der Waals surface area contributed by atoms with E-state index in [2.05, 4.69) is 0 Å². The predicted molar refractivity (Wildman–Crippen MR) is 78.6 cm³/mol. The normalized spacial score (nSPS) is 15.9. The van der Waals surface area contributed by atoms with Gasteiger partial charge in [-0.05, 0) is 30.9 Å². The van der Waals surface area contributed by atoms with Gasteiger partial charge in [0.15, 0.2) is 0 Å². The number of benzene rings is 1. The maximum Gasteiger partial charge on any atom is 0.328 e. The van der Waals surface area contributed by atoms with E-state index in [9.17, 15) is 9.59 Å². The molecule has 0 spiro atoms. The lowest BCUT2D eigenvalue weighted by Gasteiger charge is -2.08. The molecule has 3 rings (SSSR count). The van der Waals surface area contributed by atoms with Gasteiger partial charge in [0.25, 0.3) is 0 Å². The van der Waals surface area contributed by atoms with Crippen LogP contribution in [0.1, 0.15) is 42.9 Å². The Bertz CT molecular complexity index is 708. The molecule has 1 saturated carbocycles. The van der Waals surface area contributed by atoms with Crippen LogP contribution in [0.5, 0.6) is 0 Å². The van der Waals surface area contributed by atoms with Crippen molar-refractivity contribution in [3.8, 4) is 0 Å². The Morgan fingerprint density at radius 3 is 2.52 bits per heavy atom. The second-order valence-corrected chi connectivity index (χ2v) is 5.65. The van der Waals surface area contributed by atoms with Crippen molar-refractivity contribution >= 4 is 5.97 Å². The average molecular weight is 286 g/mol. The van der Waals surface area contributed by atoms with Crippen LogP contribution in [0.15, 0.2) is 41.5 Å². The van der Waals surface area contributed by atoms with Crippen molar-refractivity contribution in [2.45, 2.75) is 38.3 Å². The molecule has 0 amide bonds. The van der Waals surface area contributed by atoms with Gasteiger partial charge < -0.3 is 5.11 Å². The quantitative estimate of drug-likeness (QED) is 0.916. The van der Waals surface area contributed by atoms with Crippen molar-refractivity contribution in [3.05, 3.63) is 58.3 Å². The zero-order valence-corrected chi connectivity index (χ0v) is 11.9. The number of aliphatic carboxylic acids is 1. The van der Waals surface area contributed by atoms with E-state index in [1.54, 1.807) is 16.1 Å². The van der Waals surface area contributed by atoms with Crippen LogP contribution in [0.25, 0.3) is 0 Å². The Morgan fingerprint density at radius 2 is 1.95 bits per heavy atom. The second-order valence-electron chi connectivity index (χ2n) is 5.65. The molecule has 1 fully saturated rings. The van der Waals surface area contributed by atoms with E-state index >= 15 is 0 Å². The molecular weight excluding hydrogens is 268 g/mol. The highest BCUT2D eigenvalue weighted by atomic mass is 16.4. The number of aromatic nitrogens is 2. The summed E-state index contributed by atoms with van der Waals surface area (Å²) in [5.74, 6) is -1.35. The number of carbonyl (C=O) groups is 1. The summed E-state index contributed by atoms with van der Waals surface area (Å²) in [6.45, 7) is 2.18. The molecule has 5 nitrogen and oxygen atoms in total. The molecule has 110 valence electrons. The van der Waals surface area contributed by atoms with Crippen molar-refractivity contribution in [2.24, 2.45) is 0 Å². The van der Waals surface area contributed by atoms with Gasteiger partial charge in [0.2, 0.25) is 0 Å². The summed E-state index contributed by atoms with van der Waals surface area (Å²) in [6, 6.07) is 7.79. The monoisotopic (exact) mass is 286 g/mol. The number of imidazole rings is 1. The van der Waals surface area contributed by atoms with Crippen LogP contribution < -0.4 is 5.69 Å². The molecular formula is C16H18N2O3.